The molecule has 0 unspecified atom stereocenters. The average Bonchev–Trinajstić information content (AvgIpc) is 2.83. The molecule has 0 saturated carbocycles. The van der Waals surface area contributed by atoms with E-state index in [4.69, 9.17) is 11.6 Å². The molecule has 0 aliphatic heterocycles. The average molecular weight is 514 g/mol. The molecule has 1 heterocycles. The van der Waals surface area contributed by atoms with Gasteiger partial charge in [-0.2, -0.15) is 17.2 Å². The van der Waals surface area contributed by atoms with E-state index in [1.807, 2.05) is 6.92 Å². The molecule has 4 nitrogen and oxygen atoms in total. The molecule has 0 saturated heterocycles. The summed E-state index contributed by atoms with van der Waals surface area (Å²) in [5, 5.41) is 1.47. The number of rotatable bonds is 5. The standard InChI is InChI=1S/C23H13ClF5NO3S/c1-2-11-9-13(24)3-5-15(11)22-16-6-4-14(10-12(16)7-8-30-22)34(31,32)33-23-20(28)18(26)17(25)19(27)21(23)29/h3-10H,2H2,1H3. The van der Waals surface area contributed by atoms with E-state index >= 15 is 0 Å². The normalized spacial score (nSPS) is 11.7. The van der Waals surface area contributed by atoms with Crippen LogP contribution in [-0.4, -0.2) is 13.4 Å². The molecular formula is C23H13ClF5NO3S. The van der Waals surface area contributed by atoms with Crippen molar-refractivity contribution >= 4 is 32.5 Å². The van der Waals surface area contributed by atoms with Crippen LogP contribution in [0, 0.1) is 29.1 Å². The van der Waals surface area contributed by atoms with Crippen LogP contribution in [0.3, 0.4) is 0 Å². The van der Waals surface area contributed by atoms with Crippen LogP contribution in [0.4, 0.5) is 22.0 Å². The number of halogens is 6. The number of hydrogen-bond acceptors (Lipinski definition) is 4. The Morgan fingerprint density at radius 3 is 2.18 bits per heavy atom. The molecule has 0 bridgehead atoms. The van der Waals surface area contributed by atoms with Gasteiger partial charge >= 0.3 is 10.1 Å². The molecular weight excluding hydrogens is 501 g/mol. The lowest BCUT2D eigenvalue weighted by Crippen LogP contribution is -2.14. The highest BCUT2D eigenvalue weighted by atomic mass is 35.5. The predicted octanol–water partition coefficient (Wildman–Crippen LogP) is 6.58. The van der Waals surface area contributed by atoms with Gasteiger partial charge in [0.1, 0.15) is 4.90 Å². The van der Waals surface area contributed by atoms with Crippen LogP contribution < -0.4 is 4.18 Å². The minimum atomic E-state index is -4.97. The van der Waals surface area contributed by atoms with Gasteiger partial charge in [0.25, 0.3) is 0 Å². The van der Waals surface area contributed by atoms with Crippen molar-refractivity contribution in [2.75, 3.05) is 0 Å². The van der Waals surface area contributed by atoms with E-state index in [9.17, 15) is 30.4 Å². The van der Waals surface area contributed by atoms with Gasteiger partial charge in [-0.15, -0.1) is 0 Å². The van der Waals surface area contributed by atoms with Gasteiger partial charge < -0.3 is 4.18 Å². The Labute approximate surface area is 195 Å². The monoisotopic (exact) mass is 513 g/mol. The molecule has 0 spiro atoms. The Morgan fingerprint density at radius 1 is 0.882 bits per heavy atom. The van der Waals surface area contributed by atoms with Gasteiger partial charge in [-0.3, -0.25) is 4.98 Å². The summed E-state index contributed by atoms with van der Waals surface area (Å²) >= 11 is 6.07. The van der Waals surface area contributed by atoms with Crippen LogP contribution in [-0.2, 0) is 16.5 Å². The summed E-state index contributed by atoms with van der Waals surface area (Å²) in [5.41, 5.74) is 2.21. The lowest BCUT2D eigenvalue weighted by atomic mass is 9.98. The highest BCUT2D eigenvalue weighted by Crippen LogP contribution is 2.34. The molecule has 11 heteroatoms. The highest BCUT2D eigenvalue weighted by molar-refractivity contribution is 7.87. The molecule has 0 amide bonds. The van der Waals surface area contributed by atoms with Crippen molar-refractivity contribution < 1.29 is 34.6 Å². The van der Waals surface area contributed by atoms with E-state index in [0.717, 1.165) is 23.3 Å². The van der Waals surface area contributed by atoms with Crippen LogP contribution in [0.1, 0.15) is 12.5 Å². The van der Waals surface area contributed by atoms with Crippen molar-refractivity contribution in [2.45, 2.75) is 18.2 Å². The summed E-state index contributed by atoms with van der Waals surface area (Å²) in [6.45, 7) is 1.93. The molecule has 3 aromatic carbocycles. The van der Waals surface area contributed by atoms with Gasteiger partial charge in [0.2, 0.25) is 34.8 Å². The molecule has 4 aromatic rings. The van der Waals surface area contributed by atoms with Gasteiger partial charge in [0.15, 0.2) is 0 Å². The number of fused-ring (bicyclic) bond motifs is 1. The summed E-state index contributed by atoms with van der Waals surface area (Å²) in [5.74, 6) is -13.8. The molecule has 0 fully saturated rings. The van der Waals surface area contributed by atoms with E-state index in [1.54, 1.807) is 18.2 Å². The molecule has 0 aliphatic rings. The number of hydrogen-bond donors (Lipinski definition) is 0. The van der Waals surface area contributed by atoms with E-state index in [-0.39, 0.29) is 0 Å². The van der Waals surface area contributed by atoms with Gasteiger partial charge in [-0.1, -0.05) is 30.7 Å². The number of pyridine rings is 1. The van der Waals surface area contributed by atoms with Crippen molar-refractivity contribution in [1.82, 2.24) is 4.98 Å². The number of aryl methyl sites for hydroxylation is 1. The molecule has 1 aromatic heterocycles. The SMILES string of the molecule is CCc1cc(Cl)ccc1-c1nccc2cc(S(=O)(=O)Oc3c(F)c(F)c(F)c(F)c3F)ccc12. The Kier molecular flexibility index (Phi) is 6.22. The first-order chi connectivity index (χ1) is 16.0. The second-order valence-corrected chi connectivity index (χ2v) is 9.12. The second-order valence-electron chi connectivity index (χ2n) is 7.13. The minimum absolute atomic E-state index is 0.379. The molecule has 0 N–H and O–H groups in total. The third-order valence-corrected chi connectivity index (χ3v) is 6.54. The molecule has 4 rings (SSSR count). The van der Waals surface area contributed by atoms with Crippen LogP contribution >= 0.6 is 11.6 Å². The third-order valence-electron chi connectivity index (χ3n) is 5.09. The summed E-state index contributed by atoms with van der Waals surface area (Å²) in [6.07, 6.45) is 2.09. The zero-order chi connectivity index (χ0) is 24.8. The molecule has 0 atom stereocenters. The minimum Gasteiger partial charge on any atom is -0.372 e. The van der Waals surface area contributed by atoms with Gasteiger partial charge in [-0.25, -0.2) is 13.2 Å². The first-order valence-corrected chi connectivity index (χ1v) is 11.5. The zero-order valence-electron chi connectivity index (χ0n) is 17.2. The lowest BCUT2D eigenvalue weighted by Gasteiger charge is -2.13. The smallest absolute Gasteiger partial charge is 0.339 e. The van der Waals surface area contributed by atoms with Crippen molar-refractivity contribution in [3.8, 4) is 17.0 Å². The van der Waals surface area contributed by atoms with Gasteiger partial charge in [-0.05, 0) is 47.7 Å². The van der Waals surface area contributed by atoms with E-state index < -0.39 is 49.8 Å². The predicted molar refractivity (Wildman–Crippen MR) is 116 cm³/mol. The van der Waals surface area contributed by atoms with E-state index in [0.29, 0.717) is 27.9 Å². The number of benzene rings is 3. The van der Waals surface area contributed by atoms with Crippen LogP contribution in [0.25, 0.3) is 22.0 Å². The molecule has 176 valence electrons. The Morgan fingerprint density at radius 2 is 1.53 bits per heavy atom. The summed E-state index contributed by atoms with van der Waals surface area (Å²) in [7, 11) is -4.97. The summed E-state index contributed by atoms with van der Waals surface area (Å²) < 4.78 is 97.5. The van der Waals surface area contributed by atoms with Crippen molar-refractivity contribution in [3.63, 3.8) is 0 Å². The van der Waals surface area contributed by atoms with Crippen molar-refractivity contribution in [2.24, 2.45) is 0 Å². The fourth-order valence-corrected chi connectivity index (χ4v) is 4.59. The maximum absolute atomic E-state index is 13.9. The van der Waals surface area contributed by atoms with Crippen LogP contribution in [0.2, 0.25) is 5.02 Å². The largest absolute Gasteiger partial charge is 0.372 e. The van der Waals surface area contributed by atoms with E-state index in [1.165, 1.54) is 18.3 Å². The van der Waals surface area contributed by atoms with Gasteiger partial charge in [0, 0.05) is 22.2 Å². The maximum Gasteiger partial charge on any atom is 0.339 e. The molecule has 0 aliphatic carbocycles. The first kappa shape index (κ1) is 23.9. The third kappa shape index (κ3) is 4.07. The highest BCUT2D eigenvalue weighted by Gasteiger charge is 2.31. The topological polar surface area (TPSA) is 56.3 Å². The van der Waals surface area contributed by atoms with Gasteiger partial charge in [0.05, 0.1) is 5.69 Å². The Balaban J connectivity index is 1.81. The fraction of sp³-hybridized carbons (Fsp3) is 0.0870. The van der Waals surface area contributed by atoms with Crippen molar-refractivity contribution in [1.29, 1.82) is 0 Å². The molecule has 34 heavy (non-hydrogen) atoms. The van der Waals surface area contributed by atoms with Crippen LogP contribution in [0.5, 0.6) is 5.75 Å². The fourth-order valence-electron chi connectivity index (χ4n) is 3.43. The van der Waals surface area contributed by atoms with E-state index in [2.05, 4.69) is 9.17 Å². The quantitative estimate of drug-likeness (QED) is 0.131. The number of nitrogens with zero attached hydrogens (tertiary/aromatic N) is 1. The Hall–Kier alpha value is -3.24. The number of aromatic nitrogens is 1. The Bertz CT molecular complexity index is 1530. The molecule has 0 radical (unpaired) electrons. The second kappa shape index (κ2) is 8.84. The summed E-state index contributed by atoms with van der Waals surface area (Å²) in [4.78, 5) is 3.82. The van der Waals surface area contributed by atoms with Crippen molar-refractivity contribution in [3.05, 3.63) is 88.3 Å². The maximum atomic E-state index is 13.9. The van der Waals surface area contributed by atoms with Crippen LogP contribution in [0.15, 0.2) is 53.6 Å². The zero-order valence-corrected chi connectivity index (χ0v) is 18.7. The summed E-state index contributed by atoms with van der Waals surface area (Å²) in [6, 6.07) is 10.4. The lowest BCUT2D eigenvalue weighted by molar-refractivity contribution is 0.346. The first-order valence-electron chi connectivity index (χ1n) is 9.68.